The smallest absolute Gasteiger partial charge is 0.459 e. The second-order valence-corrected chi connectivity index (χ2v) is 8.61. The van der Waals surface area contributed by atoms with Crippen molar-refractivity contribution in [3.63, 3.8) is 0 Å². The Morgan fingerprint density at radius 1 is 0.784 bits per heavy atom. The molecule has 37 heavy (non-hydrogen) atoms. The summed E-state index contributed by atoms with van der Waals surface area (Å²) >= 11 is 0. The molecule has 0 aliphatic carbocycles. The highest BCUT2D eigenvalue weighted by molar-refractivity contribution is 5.56. The molecule has 0 N–H and O–H groups in total. The van der Waals surface area contributed by atoms with Crippen molar-refractivity contribution in [1.82, 2.24) is 9.97 Å². The summed E-state index contributed by atoms with van der Waals surface area (Å²) in [5.74, 6) is -10.3. The summed E-state index contributed by atoms with van der Waals surface area (Å²) in [6.07, 6.45) is -2.70. The zero-order valence-electron chi connectivity index (χ0n) is 20.3. The highest BCUT2D eigenvalue weighted by Crippen LogP contribution is 2.48. The molecule has 0 saturated carbocycles. The quantitative estimate of drug-likeness (QED) is 0.158. The van der Waals surface area contributed by atoms with Crippen LogP contribution in [0.1, 0.15) is 58.3 Å². The van der Waals surface area contributed by atoms with Crippen LogP contribution < -0.4 is 9.47 Å². The van der Waals surface area contributed by atoms with Gasteiger partial charge in [0, 0.05) is 12.0 Å². The molecule has 208 valence electrons. The van der Waals surface area contributed by atoms with Gasteiger partial charge in [-0.2, -0.15) is 30.7 Å². The molecule has 0 aliphatic heterocycles. The second kappa shape index (κ2) is 13.8. The Labute approximate surface area is 210 Å². The van der Waals surface area contributed by atoms with Gasteiger partial charge < -0.3 is 9.47 Å². The topological polar surface area (TPSA) is 44.2 Å². The molecular formula is C25H30F8N2O2. The molecule has 0 bridgehead atoms. The lowest BCUT2D eigenvalue weighted by Gasteiger charge is -2.28. The van der Waals surface area contributed by atoms with E-state index in [-0.39, 0.29) is 25.4 Å². The Morgan fingerprint density at radius 2 is 1.43 bits per heavy atom. The Morgan fingerprint density at radius 3 is 2.03 bits per heavy atom. The second-order valence-electron chi connectivity index (χ2n) is 8.61. The van der Waals surface area contributed by atoms with Crippen LogP contribution in [0, 0.1) is 0 Å². The highest BCUT2D eigenvalue weighted by atomic mass is 19.4. The lowest BCUT2D eigenvalue weighted by molar-refractivity contribution is -0.355. The summed E-state index contributed by atoms with van der Waals surface area (Å²) in [4.78, 5) is 8.24. The van der Waals surface area contributed by atoms with Gasteiger partial charge in [-0.05, 0) is 43.5 Å². The maximum absolute atomic E-state index is 13.9. The lowest BCUT2D eigenvalue weighted by atomic mass is 10.0. The minimum Gasteiger partial charge on any atom is -0.491 e. The fourth-order valence-corrected chi connectivity index (χ4v) is 3.31. The molecule has 2 aromatic rings. The molecule has 0 saturated heterocycles. The first-order valence-electron chi connectivity index (χ1n) is 12.0. The van der Waals surface area contributed by atoms with Crippen LogP contribution >= 0.6 is 0 Å². The average Bonchev–Trinajstić information content (AvgIpc) is 2.85. The highest BCUT2D eigenvalue weighted by Gasteiger charge is 2.72. The molecular weight excluding hydrogens is 512 g/mol. The fraction of sp³-hybridized carbons (Fsp3) is 0.600. The van der Waals surface area contributed by atoms with Crippen LogP contribution in [0.4, 0.5) is 35.1 Å². The normalized spacial score (nSPS) is 13.4. The van der Waals surface area contributed by atoms with Gasteiger partial charge in [-0.25, -0.2) is 14.4 Å². The Kier molecular flexibility index (Phi) is 11.4. The van der Waals surface area contributed by atoms with Crippen molar-refractivity contribution in [2.45, 2.75) is 82.5 Å². The zero-order valence-corrected chi connectivity index (χ0v) is 20.3. The van der Waals surface area contributed by atoms with Crippen LogP contribution in [0.2, 0.25) is 0 Å². The van der Waals surface area contributed by atoms with Crippen molar-refractivity contribution >= 4 is 0 Å². The van der Waals surface area contributed by atoms with Crippen molar-refractivity contribution in [3.05, 3.63) is 36.7 Å². The third-order valence-corrected chi connectivity index (χ3v) is 5.51. The molecule has 4 nitrogen and oxygen atoms in total. The van der Waals surface area contributed by atoms with E-state index in [4.69, 9.17) is 9.47 Å². The van der Waals surface area contributed by atoms with E-state index < -0.39 is 37.0 Å². The van der Waals surface area contributed by atoms with E-state index in [1.54, 1.807) is 24.3 Å². The molecule has 0 unspecified atom stereocenters. The van der Waals surface area contributed by atoms with Gasteiger partial charge in [-0.1, -0.05) is 32.6 Å². The maximum atomic E-state index is 13.9. The van der Waals surface area contributed by atoms with E-state index in [1.165, 1.54) is 12.4 Å². The zero-order chi connectivity index (χ0) is 27.5. The van der Waals surface area contributed by atoms with Gasteiger partial charge in [0.2, 0.25) is 0 Å². The first kappa shape index (κ1) is 30.6. The van der Waals surface area contributed by atoms with Crippen LogP contribution in [0.25, 0.3) is 11.4 Å². The van der Waals surface area contributed by atoms with Gasteiger partial charge in [-0.3, -0.25) is 0 Å². The van der Waals surface area contributed by atoms with Gasteiger partial charge >= 0.3 is 18.0 Å². The molecule has 0 aliphatic rings. The van der Waals surface area contributed by atoms with E-state index in [0.717, 1.165) is 25.7 Å². The molecule has 0 spiro atoms. The molecule has 1 aromatic carbocycles. The SMILES string of the molecule is CCCCCC[C@H](F)COc1ccc(-c2ncc(OCCCCC(F)(F)C(F)(F)C(F)(F)F)cn2)cc1. The minimum atomic E-state index is -6.33. The molecule has 0 amide bonds. The molecule has 1 aromatic heterocycles. The third-order valence-electron chi connectivity index (χ3n) is 5.51. The Hall–Kier alpha value is -2.66. The monoisotopic (exact) mass is 542 g/mol. The van der Waals surface area contributed by atoms with E-state index in [9.17, 15) is 35.1 Å². The maximum Gasteiger partial charge on any atom is 0.459 e. The van der Waals surface area contributed by atoms with E-state index in [1.807, 2.05) is 0 Å². The third kappa shape index (κ3) is 9.30. The fourth-order valence-electron chi connectivity index (χ4n) is 3.31. The van der Waals surface area contributed by atoms with Gasteiger partial charge in [0.15, 0.2) is 11.6 Å². The van der Waals surface area contributed by atoms with Crippen LogP contribution in [0.3, 0.4) is 0 Å². The van der Waals surface area contributed by atoms with Crippen molar-refractivity contribution < 1.29 is 44.6 Å². The number of hydrogen-bond acceptors (Lipinski definition) is 4. The Balaban J connectivity index is 1.75. The minimum absolute atomic E-state index is 0.0313. The summed E-state index contributed by atoms with van der Waals surface area (Å²) in [5.41, 5.74) is 0.642. The van der Waals surface area contributed by atoms with Crippen LogP contribution in [0.5, 0.6) is 11.5 Å². The van der Waals surface area contributed by atoms with Crippen LogP contribution in [-0.2, 0) is 0 Å². The Bertz CT molecular complexity index is 922. The molecule has 1 heterocycles. The number of hydrogen-bond donors (Lipinski definition) is 0. The van der Waals surface area contributed by atoms with Crippen molar-refractivity contribution in [1.29, 1.82) is 0 Å². The molecule has 12 heteroatoms. The summed E-state index contributed by atoms with van der Waals surface area (Å²) in [7, 11) is 0. The van der Waals surface area contributed by atoms with Crippen molar-refractivity contribution in [2.24, 2.45) is 0 Å². The van der Waals surface area contributed by atoms with Gasteiger partial charge in [0.05, 0.1) is 19.0 Å². The first-order valence-corrected chi connectivity index (χ1v) is 12.0. The standard InChI is InChI=1S/C25H30F8N2O2/c1-2-3-4-5-8-19(26)17-37-20-11-9-18(10-12-20)22-34-15-21(16-35-22)36-14-7-6-13-23(27,28)24(29,30)25(31,32)33/h9-12,15-16,19H,2-8,13-14,17H2,1H3/t19-/m0/s1. The predicted octanol–water partition coefficient (Wildman–Crippen LogP) is 8.21. The summed E-state index contributed by atoms with van der Waals surface area (Å²) in [5, 5.41) is 0. The number of alkyl halides is 8. The first-order chi connectivity index (χ1) is 17.4. The van der Waals surface area contributed by atoms with Crippen molar-refractivity contribution in [2.75, 3.05) is 13.2 Å². The van der Waals surface area contributed by atoms with Gasteiger partial charge in [-0.15, -0.1) is 0 Å². The van der Waals surface area contributed by atoms with Crippen LogP contribution in [0.15, 0.2) is 36.7 Å². The number of rotatable bonds is 16. The number of ether oxygens (including phenoxy) is 2. The summed E-state index contributed by atoms with van der Waals surface area (Å²) < 4.78 is 113. The molecule has 0 radical (unpaired) electrons. The molecule has 0 fully saturated rings. The summed E-state index contributed by atoms with van der Waals surface area (Å²) in [6, 6.07) is 6.70. The number of halogens is 8. The van der Waals surface area contributed by atoms with Crippen molar-refractivity contribution in [3.8, 4) is 22.9 Å². The predicted molar refractivity (Wildman–Crippen MR) is 122 cm³/mol. The number of unbranched alkanes of at least 4 members (excludes halogenated alkanes) is 4. The largest absolute Gasteiger partial charge is 0.491 e. The molecule has 1 atom stereocenters. The molecule has 2 rings (SSSR count). The summed E-state index contributed by atoms with van der Waals surface area (Å²) in [6.45, 7) is 1.86. The van der Waals surface area contributed by atoms with E-state index in [0.29, 0.717) is 23.6 Å². The number of benzene rings is 1. The van der Waals surface area contributed by atoms with Gasteiger partial charge in [0.1, 0.15) is 18.5 Å². The van der Waals surface area contributed by atoms with E-state index >= 15 is 0 Å². The lowest BCUT2D eigenvalue weighted by Crippen LogP contribution is -2.51. The van der Waals surface area contributed by atoms with E-state index in [2.05, 4.69) is 16.9 Å². The average molecular weight is 543 g/mol. The van der Waals surface area contributed by atoms with Gasteiger partial charge in [0.25, 0.3) is 0 Å². The van der Waals surface area contributed by atoms with Crippen LogP contribution in [-0.4, -0.2) is 47.4 Å². The number of aromatic nitrogens is 2. The number of nitrogens with zero attached hydrogens (tertiary/aromatic N) is 2.